The maximum Gasteiger partial charge on any atom is 0.162 e. The number of pyridine rings is 1. The molecule has 2 rings (SSSR count). The molecule has 0 aliphatic heterocycles. The Morgan fingerprint density at radius 3 is 2.62 bits per heavy atom. The Kier molecular flexibility index (Phi) is 6.63. The van der Waals surface area contributed by atoms with Crippen LogP contribution in [0, 0.1) is 17.6 Å². The summed E-state index contributed by atoms with van der Waals surface area (Å²) in [5.41, 5.74) is 1.04. The van der Waals surface area contributed by atoms with Crippen LogP contribution in [-0.4, -0.2) is 29.3 Å². The fourth-order valence-corrected chi connectivity index (χ4v) is 2.38. The van der Waals surface area contributed by atoms with Gasteiger partial charge in [-0.05, 0) is 29.7 Å². The van der Waals surface area contributed by atoms with E-state index in [-0.39, 0.29) is 18.4 Å². The van der Waals surface area contributed by atoms with Crippen molar-refractivity contribution in [3.05, 3.63) is 59.9 Å². The first-order chi connectivity index (χ1) is 11.5. The van der Waals surface area contributed by atoms with Crippen LogP contribution >= 0.6 is 0 Å². The number of halogens is 2. The summed E-state index contributed by atoms with van der Waals surface area (Å²) in [6.45, 7) is 4.45. The van der Waals surface area contributed by atoms with Crippen LogP contribution in [0.25, 0.3) is 0 Å². The summed E-state index contributed by atoms with van der Waals surface area (Å²) in [4.78, 5) is 4.11. The first-order valence-electron chi connectivity index (χ1n) is 7.86. The zero-order chi connectivity index (χ0) is 17.5. The van der Waals surface area contributed by atoms with Crippen molar-refractivity contribution in [2.24, 2.45) is 5.92 Å². The molecule has 0 bridgehead atoms. The molecule has 0 saturated heterocycles. The molecule has 2 atom stereocenters. The third kappa shape index (κ3) is 5.25. The molecule has 2 N–H and O–H groups in total. The van der Waals surface area contributed by atoms with Gasteiger partial charge in [0.2, 0.25) is 0 Å². The van der Waals surface area contributed by atoms with Crippen LogP contribution in [0.1, 0.15) is 25.5 Å². The van der Waals surface area contributed by atoms with Crippen LogP contribution in [0.5, 0.6) is 5.75 Å². The summed E-state index contributed by atoms with van der Waals surface area (Å²) in [7, 11) is 0. The minimum absolute atomic E-state index is 0.0179. The highest BCUT2D eigenvalue weighted by atomic mass is 19.2. The molecular weight excluding hydrogens is 314 g/mol. The highest BCUT2D eigenvalue weighted by Gasteiger charge is 2.17. The van der Waals surface area contributed by atoms with E-state index in [2.05, 4.69) is 24.1 Å². The van der Waals surface area contributed by atoms with E-state index in [1.807, 2.05) is 12.1 Å². The standard InChI is InChI=1S/C18H22F2N2O2/c1-12(2)18(13-4-3-7-21-9-13)22-10-14(23)11-24-15-5-6-16(19)17(20)8-15/h3-9,12,14,18,22-23H,10-11H2,1-2H3. The molecule has 0 aliphatic rings. The molecule has 0 aliphatic carbocycles. The van der Waals surface area contributed by atoms with Gasteiger partial charge in [-0.15, -0.1) is 0 Å². The van der Waals surface area contributed by atoms with Crippen molar-refractivity contribution in [2.45, 2.75) is 26.0 Å². The summed E-state index contributed by atoms with van der Waals surface area (Å²) in [5, 5.41) is 13.3. The lowest BCUT2D eigenvalue weighted by atomic mass is 9.97. The maximum absolute atomic E-state index is 13.1. The molecule has 130 valence electrons. The normalized spacial score (nSPS) is 13.8. The number of aliphatic hydroxyl groups excluding tert-OH is 1. The van der Waals surface area contributed by atoms with Gasteiger partial charge in [-0.25, -0.2) is 8.78 Å². The van der Waals surface area contributed by atoms with Gasteiger partial charge in [0, 0.05) is 31.0 Å². The van der Waals surface area contributed by atoms with Crippen LogP contribution < -0.4 is 10.1 Å². The van der Waals surface area contributed by atoms with Gasteiger partial charge in [-0.2, -0.15) is 0 Å². The third-order valence-corrected chi connectivity index (χ3v) is 3.62. The number of hydrogen-bond donors (Lipinski definition) is 2. The van der Waals surface area contributed by atoms with Crippen LogP contribution in [0.2, 0.25) is 0 Å². The van der Waals surface area contributed by atoms with Gasteiger partial charge in [0.1, 0.15) is 18.5 Å². The number of benzene rings is 1. The SMILES string of the molecule is CC(C)C(NCC(O)COc1ccc(F)c(F)c1)c1cccnc1. The first kappa shape index (κ1) is 18.3. The second kappa shape index (κ2) is 8.70. The molecule has 2 aromatic rings. The summed E-state index contributed by atoms with van der Waals surface area (Å²) in [6, 6.07) is 7.18. The van der Waals surface area contributed by atoms with Gasteiger partial charge in [0.05, 0.1) is 0 Å². The predicted molar refractivity (Wildman–Crippen MR) is 87.7 cm³/mol. The van der Waals surface area contributed by atoms with E-state index >= 15 is 0 Å². The fourth-order valence-electron chi connectivity index (χ4n) is 2.38. The lowest BCUT2D eigenvalue weighted by Gasteiger charge is -2.24. The van der Waals surface area contributed by atoms with Gasteiger partial charge in [0.15, 0.2) is 11.6 Å². The smallest absolute Gasteiger partial charge is 0.162 e. The molecule has 1 heterocycles. The molecule has 1 aromatic heterocycles. The summed E-state index contributed by atoms with van der Waals surface area (Å²) in [5.74, 6) is -1.41. The fraction of sp³-hybridized carbons (Fsp3) is 0.389. The average molecular weight is 336 g/mol. The van der Waals surface area contributed by atoms with Crippen molar-refractivity contribution in [3.8, 4) is 5.75 Å². The quantitative estimate of drug-likeness (QED) is 0.778. The number of hydrogen-bond acceptors (Lipinski definition) is 4. The molecule has 1 aromatic carbocycles. The zero-order valence-electron chi connectivity index (χ0n) is 13.7. The van der Waals surface area contributed by atoms with E-state index in [1.165, 1.54) is 6.07 Å². The number of nitrogens with one attached hydrogen (secondary N) is 1. The number of ether oxygens (including phenoxy) is 1. The number of aliphatic hydroxyl groups is 1. The Morgan fingerprint density at radius 2 is 2.00 bits per heavy atom. The van der Waals surface area contributed by atoms with Crippen LogP contribution in [0.4, 0.5) is 8.78 Å². The third-order valence-electron chi connectivity index (χ3n) is 3.62. The Bertz CT molecular complexity index is 638. The van der Waals surface area contributed by atoms with E-state index in [4.69, 9.17) is 4.74 Å². The van der Waals surface area contributed by atoms with Gasteiger partial charge in [-0.1, -0.05) is 19.9 Å². The zero-order valence-corrected chi connectivity index (χ0v) is 13.7. The molecule has 0 fully saturated rings. The first-order valence-corrected chi connectivity index (χ1v) is 7.86. The topological polar surface area (TPSA) is 54.4 Å². The van der Waals surface area contributed by atoms with Crippen molar-refractivity contribution >= 4 is 0 Å². The molecule has 4 nitrogen and oxygen atoms in total. The van der Waals surface area contributed by atoms with E-state index in [9.17, 15) is 13.9 Å². The van der Waals surface area contributed by atoms with Crippen molar-refractivity contribution in [1.29, 1.82) is 0 Å². The molecule has 0 spiro atoms. The minimum atomic E-state index is -0.975. The van der Waals surface area contributed by atoms with E-state index in [1.54, 1.807) is 12.4 Å². The summed E-state index contributed by atoms with van der Waals surface area (Å²) < 4.78 is 31.2. The Labute approximate surface area is 140 Å². The Balaban J connectivity index is 1.85. The molecule has 0 amide bonds. The van der Waals surface area contributed by atoms with Crippen molar-refractivity contribution in [1.82, 2.24) is 10.3 Å². The number of rotatable bonds is 8. The predicted octanol–water partition coefficient (Wildman–Crippen LogP) is 3.09. The molecule has 24 heavy (non-hydrogen) atoms. The monoisotopic (exact) mass is 336 g/mol. The lowest BCUT2D eigenvalue weighted by molar-refractivity contribution is 0.101. The van der Waals surface area contributed by atoms with Crippen LogP contribution in [-0.2, 0) is 0 Å². The molecule has 0 radical (unpaired) electrons. The maximum atomic E-state index is 13.1. The van der Waals surface area contributed by atoms with E-state index in [0.717, 1.165) is 17.7 Å². The molecular formula is C18H22F2N2O2. The lowest BCUT2D eigenvalue weighted by Crippen LogP contribution is -2.35. The van der Waals surface area contributed by atoms with Gasteiger partial charge in [-0.3, -0.25) is 4.98 Å². The van der Waals surface area contributed by atoms with Crippen molar-refractivity contribution in [2.75, 3.05) is 13.2 Å². The molecule has 6 heteroatoms. The van der Waals surface area contributed by atoms with Crippen molar-refractivity contribution in [3.63, 3.8) is 0 Å². The Hall–Kier alpha value is -2.05. The molecule has 2 unspecified atom stereocenters. The summed E-state index contributed by atoms with van der Waals surface area (Å²) in [6.07, 6.45) is 2.73. The average Bonchev–Trinajstić information content (AvgIpc) is 2.57. The van der Waals surface area contributed by atoms with Crippen molar-refractivity contribution < 1.29 is 18.6 Å². The minimum Gasteiger partial charge on any atom is -0.491 e. The molecule has 0 saturated carbocycles. The van der Waals surface area contributed by atoms with Crippen LogP contribution in [0.3, 0.4) is 0 Å². The number of aromatic nitrogens is 1. The summed E-state index contributed by atoms with van der Waals surface area (Å²) >= 11 is 0. The highest BCUT2D eigenvalue weighted by Crippen LogP contribution is 2.20. The van der Waals surface area contributed by atoms with Gasteiger partial charge in [0.25, 0.3) is 0 Å². The second-order valence-electron chi connectivity index (χ2n) is 5.96. The van der Waals surface area contributed by atoms with E-state index < -0.39 is 17.7 Å². The van der Waals surface area contributed by atoms with Gasteiger partial charge < -0.3 is 15.2 Å². The highest BCUT2D eigenvalue weighted by molar-refractivity contribution is 5.23. The Morgan fingerprint density at radius 1 is 1.21 bits per heavy atom. The number of nitrogens with zero attached hydrogens (tertiary/aromatic N) is 1. The largest absolute Gasteiger partial charge is 0.491 e. The second-order valence-corrected chi connectivity index (χ2v) is 5.96. The van der Waals surface area contributed by atoms with Gasteiger partial charge >= 0.3 is 0 Å². The van der Waals surface area contributed by atoms with Crippen LogP contribution in [0.15, 0.2) is 42.7 Å². The van der Waals surface area contributed by atoms with E-state index in [0.29, 0.717) is 12.5 Å².